The molecular weight excluding hydrogens is 500 g/mol. The molecule has 2 atom stereocenters. The number of nitrogens with two attached hydrogens (primary N) is 1. The monoisotopic (exact) mass is 536 g/mol. The van der Waals surface area contributed by atoms with E-state index in [9.17, 15) is 14.7 Å². The molecule has 0 aliphatic carbocycles. The Morgan fingerprint density at radius 3 is 2.74 bits per heavy atom. The molecule has 2 fully saturated rings. The third-order valence-corrected chi connectivity index (χ3v) is 9.15. The van der Waals surface area contributed by atoms with Crippen LogP contribution in [0.2, 0.25) is 0 Å². The van der Waals surface area contributed by atoms with E-state index in [1.165, 1.54) is 17.5 Å². The first-order chi connectivity index (χ1) is 18.2. The number of nitrogens with one attached hydrogen (secondary N) is 1. The minimum absolute atomic E-state index is 0.221. The van der Waals surface area contributed by atoms with Crippen molar-refractivity contribution in [2.45, 2.75) is 57.6 Å². The van der Waals surface area contributed by atoms with Gasteiger partial charge in [-0.05, 0) is 74.4 Å². The van der Waals surface area contributed by atoms with Gasteiger partial charge in [0.25, 0.3) is 0 Å². The van der Waals surface area contributed by atoms with Crippen LogP contribution in [0.4, 0.5) is 11.5 Å². The van der Waals surface area contributed by atoms with Gasteiger partial charge in [0.05, 0.1) is 28.1 Å². The van der Waals surface area contributed by atoms with Gasteiger partial charge < -0.3 is 26.0 Å². The molecule has 0 bridgehead atoms. The standard InChI is InChI=1S/C28H36N6O3S/c1-4-18-13-20(15-30-24(18)29)31-25(35)26(36)34-16-17(2)5-7-22(34)19-6-8-23-21(14-19)32-27(38-23)28(37)9-11-33(3)12-10-28/h6,8,13-15,17,22,37H,4-5,7,9-12,16H2,1-3H3,(H2,29,30)(H,31,35)/t17-,22+/m0/s1. The van der Waals surface area contributed by atoms with Crippen molar-refractivity contribution < 1.29 is 14.7 Å². The SMILES string of the molecule is CCc1cc(NC(=O)C(=O)N2C[C@@H](C)CC[C@@H]2c2ccc3sc(C4(O)CCN(C)CC4)nc3c2)cnc1N. The quantitative estimate of drug-likeness (QED) is 0.435. The van der Waals surface area contributed by atoms with E-state index in [0.717, 1.165) is 52.3 Å². The Hall–Kier alpha value is -3.08. The number of aryl methyl sites for hydroxylation is 1. The van der Waals surface area contributed by atoms with Gasteiger partial charge in [-0.25, -0.2) is 9.97 Å². The van der Waals surface area contributed by atoms with Gasteiger partial charge in [-0.15, -0.1) is 11.3 Å². The van der Waals surface area contributed by atoms with Crippen LogP contribution in [0.5, 0.6) is 0 Å². The Labute approximate surface area is 227 Å². The van der Waals surface area contributed by atoms with E-state index in [1.807, 2.05) is 25.1 Å². The fraction of sp³-hybridized carbons (Fsp3) is 0.500. The maximum atomic E-state index is 13.4. The van der Waals surface area contributed by atoms with Crippen molar-refractivity contribution in [2.24, 2.45) is 5.92 Å². The fourth-order valence-corrected chi connectivity index (χ4v) is 6.56. The second-order valence-corrected chi connectivity index (χ2v) is 11.8. The van der Waals surface area contributed by atoms with Crippen LogP contribution in [-0.2, 0) is 21.6 Å². The highest BCUT2D eigenvalue weighted by molar-refractivity contribution is 7.18. The Bertz CT molecular complexity index is 1350. The maximum Gasteiger partial charge on any atom is 0.313 e. The number of hydrogen-bond acceptors (Lipinski definition) is 8. The summed E-state index contributed by atoms with van der Waals surface area (Å²) in [5.74, 6) is -0.526. The highest BCUT2D eigenvalue weighted by Gasteiger charge is 2.37. The van der Waals surface area contributed by atoms with E-state index in [-0.39, 0.29) is 6.04 Å². The summed E-state index contributed by atoms with van der Waals surface area (Å²) in [6.45, 7) is 6.24. The summed E-state index contributed by atoms with van der Waals surface area (Å²) in [7, 11) is 2.07. The zero-order valence-electron chi connectivity index (χ0n) is 22.2. The number of thiazole rings is 1. The number of rotatable bonds is 4. The lowest BCUT2D eigenvalue weighted by Crippen LogP contribution is -2.46. The molecule has 0 unspecified atom stereocenters. The third-order valence-electron chi connectivity index (χ3n) is 7.92. The van der Waals surface area contributed by atoms with Gasteiger partial charge in [-0.2, -0.15) is 0 Å². The van der Waals surface area contributed by atoms with Crippen LogP contribution in [0.25, 0.3) is 10.2 Å². The number of nitrogens with zero attached hydrogens (tertiary/aromatic N) is 4. The molecule has 2 amide bonds. The fourth-order valence-electron chi connectivity index (χ4n) is 5.46. The van der Waals surface area contributed by atoms with Crippen molar-refractivity contribution in [3.63, 3.8) is 0 Å². The number of piperidine rings is 2. The average molecular weight is 537 g/mol. The number of aromatic nitrogens is 2. The Morgan fingerprint density at radius 1 is 1.24 bits per heavy atom. The van der Waals surface area contributed by atoms with Gasteiger partial charge in [-0.1, -0.05) is 19.9 Å². The molecule has 0 saturated carbocycles. The van der Waals surface area contributed by atoms with E-state index in [0.29, 0.717) is 43.2 Å². The topological polar surface area (TPSA) is 125 Å². The Balaban J connectivity index is 1.38. The molecule has 2 aliphatic rings. The van der Waals surface area contributed by atoms with Gasteiger partial charge in [0.15, 0.2) is 0 Å². The van der Waals surface area contributed by atoms with Crippen molar-refractivity contribution in [2.75, 3.05) is 37.7 Å². The van der Waals surface area contributed by atoms with E-state index >= 15 is 0 Å². The lowest BCUT2D eigenvalue weighted by molar-refractivity contribution is -0.146. The number of pyridine rings is 1. The van der Waals surface area contributed by atoms with E-state index in [4.69, 9.17) is 10.7 Å². The zero-order valence-corrected chi connectivity index (χ0v) is 23.1. The molecule has 0 radical (unpaired) electrons. The van der Waals surface area contributed by atoms with Crippen LogP contribution in [0, 0.1) is 5.92 Å². The predicted octanol–water partition coefficient (Wildman–Crippen LogP) is 3.69. The van der Waals surface area contributed by atoms with Crippen molar-refractivity contribution in [1.82, 2.24) is 19.8 Å². The zero-order chi connectivity index (χ0) is 27.0. The molecule has 2 aliphatic heterocycles. The number of nitrogen functional groups attached to an aromatic ring is 1. The van der Waals surface area contributed by atoms with Crippen LogP contribution in [0.15, 0.2) is 30.5 Å². The molecule has 10 heteroatoms. The molecule has 2 aromatic heterocycles. The summed E-state index contributed by atoms with van der Waals surface area (Å²) < 4.78 is 1.01. The average Bonchev–Trinajstić information content (AvgIpc) is 3.35. The number of benzene rings is 1. The molecule has 4 N–H and O–H groups in total. The number of amides is 2. The summed E-state index contributed by atoms with van der Waals surface area (Å²) >= 11 is 1.54. The first-order valence-electron chi connectivity index (χ1n) is 13.3. The van der Waals surface area contributed by atoms with Crippen LogP contribution in [0.3, 0.4) is 0 Å². The number of carbonyl (C=O) groups excluding carboxylic acids is 2. The van der Waals surface area contributed by atoms with E-state index in [1.54, 1.807) is 11.0 Å². The summed E-state index contributed by atoms with van der Waals surface area (Å²) in [6.07, 6.45) is 5.21. The molecule has 2 saturated heterocycles. The lowest BCUT2D eigenvalue weighted by atomic mass is 9.89. The number of likely N-dealkylation sites (tertiary alicyclic amines) is 2. The lowest BCUT2D eigenvalue weighted by Gasteiger charge is -2.38. The highest BCUT2D eigenvalue weighted by Crippen LogP contribution is 2.39. The number of anilines is 2. The largest absolute Gasteiger partial charge is 0.383 e. The summed E-state index contributed by atoms with van der Waals surface area (Å²) in [5.41, 5.74) is 8.05. The number of hydrogen-bond donors (Lipinski definition) is 3. The minimum atomic E-state index is -0.897. The number of aliphatic hydroxyl groups is 1. The van der Waals surface area contributed by atoms with Gasteiger partial charge in [-0.3, -0.25) is 9.59 Å². The highest BCUT2D eigenvalue weighted by atomic mass is 32.1. The molecule has 202 valence electrons. The molecular formula is C28H36N6O3S. The third kappa shape index (κ3) is 5.25. The molecule has 0 spiro atoms. The molecule has 38 heavy (non-hydrogen) atoms. The van der Waals surface area contributed by atoms with Crippen LogP contribution in [-0.4, -0.2) is 63.4 Å². The summed E-state index contributed by atoms with van der Waals surface area (Å²) in [6, 6.07) is 7.61. The summed E-state index contributed by atoms with van der Waals surface area (Å²) in [4.78, 5) is 39.3. The van der Waals surface area contributed by atoms with Gasteiger partial charge >= 0.3 is 11.8 Å². The number of carbonyl (C=O) groups is 2. The van der Waals surface area contributed by atoms with Gasteiger partial charge in [0.2, 0.25) is 0 Å². The van der Waals surface area contributed by atoms with E-state index in [2.05, 4.69) is 29.2 Å². The Morgan fingerprint density at radius 2 is 2.00 bits per heavy atom. The van der Waals surface area contributed by atoms with Crippen LogP contribution in [0.1, 0.15) is 61.7 Å². The normalized spacial score (nSPS) is 21.9. The maximum absolute atomic E-state index is 13.4. The molecule has 9 nitrogen and oxygen atoms in total. The van der Waals surface area contributed by atoms with Crippen molar-refractivity contribution in [3.05, 3.63) is 46.6 Å². The first kappa shape index (κ1) is 26.5. The molecule has 3 aromatic rings. The first-order valence-corrected chi connectivity index (χ1v) is 14.2. The van der Waals surface area contributed by atoms with Crippen molar-refractivity contribution in [1.29, 1.82) is 0 Å². The Kier molecular flexibility index (Phi) is 7.39. The number of fused-ring (bicyclic) bond motifs is 1. The molecule has 1 aromatic carbocycles. The van der Waals surface area contributed by atoms with Crippen molar-refractivity contribution >= 4 is 44.9 Å². The van der Waals surface area contributed by atoms with Crippen molar-refractivity contribution in [3.8, 4) is 0 Å². The van der Waals surface area contributed by atoms with Crippen LogP contribution < -0.4 is 11.1 Å². The van der Waals surface area contributed by atoms with E-state index < -0.39 is 17.4 Å². The second kappa shape index (κ2) is 10.6. The second-order valence-electron chi connectivity index (χ2n) is 10.8. The van der Waals surface area contributed by atoms with Gasteiger partial charge in [0.1, 0.15) is 16.4 Å². The molecule has 5 rings (SSSR count). The molecule has 4 heterocycles. The predicted molar refractivity (Wildman–Crippen MR) is 150 cm³/mol. The minimum Gasteiger partial charge on any atom is -0.383 e. The summed E-state index contributed by atoms with van der Waals surface area (Å²) in [5, 5.41) is 14.7. The smallest absolute Gasteiger partial charge is 0.313 e. The van der Waals surface area contributed by atoms with Gasteiger partial charge in [0, 0.05) is 19.6 Å². The van der Waals surface area contributed by atoms with Crippen LogP contribution >= 0.6 is 11.3 Å².